The number of hydrogen-bond acceptors (Lipinski definition) is 2. The molecule has 6 heteroatoms. The highest BCUT2D eigenvalue weighted by Gasteiger charge is 2.33. The Bertz CT molecular complexity index is 413. The van der Waals surface area contributed by atoms with Crippen molar-refractivity contribution in [1.29, 1.82) is 0 Å². The Hall–Kier alpha value is -1.62. The van der Waals surface area contributed by atoms with Crippen LogP contribution in [0, 0.1) is 5.82 Å². The van der Waals surface area contributed by atoms with Gasteiger partial charge < -0.3 is 5.32 Å². The van der Waals surface area contributed by atoms with Crippen molar-refractivity contribution in [3.63, 3.8) is 0 Å². The molecule has 0 aliphatic carbocycles. The second kappa shape index (κ2) is 3.51. The van der Waals surface area contributed by atoms with E-state index in [1.165, 1.54) is 12.1 Å². The molecule has 0 atom stereocenters. The van der Waals surface area contributed by atoms with E-state index in [4.69, 9.17) is 11.6 Å². The SMILES string of the molecule is O=C1CNC(=O)N1c1c(F)cccc1Cl. The van der Waals surface area contributed by atoms with Crippen LogP contribution in [-0.2, 0) is 4.79 Å². The number of nitrogens with one attached hydrogen (secondary N) is 1. The number of imide groups is 1. The molecule has 78 valence electrons. The Morgan fingerprint density at radius 3 is 2.67 bits per heavy atom. The minimum atomic E-state index is -0.701. The summed E-state index contributed by atoms with van der Waals surface area (Å²) in [5.41, 5.74) is -0.195. The Morgan fingerprint density at radius 1 is 1.40 bits per heavy atom. The summed E-state index contributed by atoms with van der Waals surface area (Å²) in [6.45, 7) is -0.135. The summed E-state index contributed by atoms with van der Waals surface area (Å²) in [4.78, 5) is 23.3. The average molecular weight is 229 g/mol. The summed E-state index contributed by atoms with van der Waals surface area (Å²) in [5, 5.41) is 2.31. The molecule has 0 saturated carbocycles. The predicted octanol–water partition coefficient (Wildman–Crippen LogP) is 1.54. The third-order valence-corrected chi connectivity index (χ3v) is 2.31. The zero-order valence-electron chi connectivity index (χ0n) is 7.46. The number of carbonyl (C=O) groups excluding carboxylic acids is 2. The second-order valence-electron chi connectivity index (χ2n) is 2.96. The van der Waals surface area contributed by atoms with Crippen LogP contribution in [0.2, 0.25) is 5.02 Å². The molecule has 0 aromatic heterocycles. The molecular formula is C9H6ClFN2O2. The standard InChI is InChI=1S/C9H6ClFN2O2/c10-5-2-1-3-6(11)8(5)13-7(14)4-12-9(13)15/h1-3H,4H2,(H,12,15). The minimum absolute atomic E-state index is 0.0281. The molecule has 1 aliphatic heterocycles. The molecule has 0 bridgehead atoms. The smallest absolute Gasteiger partial charge is 0.328 e. The highest BCUT2D eigenvalue weighted by Crippen LogP contribution is 2.29. The van der Waals surface area contributed by atoms with Crippen molar-refractivity contribution >= 4 is 29.2 Å². The predicted molar refractivity (Wildman–Crippen MR) is 52.3 cm³/mol. The van der Waals surface area contributed by atoms with Crippen molar-refractivity contribution in [3.8, 4) is 0 Å². The average Bonchev–Trinajstić information content (AvgIpc) is 2.49. The van der Waals surface area contributed by atoms with Gasteiger partial charge in [0.1, 0.15) is 11.5 Å². The maximum absolute atomic E-state index is 13.4. The second-order valence-corrected chi connectivity index (χ2v) is 3.37. The summed E-state index contributed by atoms with van der Waals surface area (Å²) in [5.74, 6) is -1.22. The van der Waals surface area contributed by atoms with E-state index in [0.29, 0.717) is 4.90 Å². The number of amides is 3. The van der Waals surface area contributed by atoms with Gasteiger partial charge in [-0.3, -0.25) is 4.79 Å². The number of benzene rings is 1. The lowest BCUT2D eigenvalue weighted by Gasteiger charge is -2.14. The lowest BCUT2D eigenvalue weighted by atomic mass is 10.3. The third kappa shape index (κ3) is 1.55. The summed E-state index contributed by atoms with van der Waals surface area (Å²) in [6.07, 6.45) is 0. The molecule has 0 radical (unpaired) electrons. The van der Waals surface area contributed by atoms with Crippen LogP contribution in [0.3, 0.4) is 0 Å². The van der Waals surface area contributed by atoms with Crippen LogP contribution in [-0.4, -0.2) is 18.5 Å². The van der Waals surface area contributed by atoms with Crippen LogP contribution in [0.25, 0.3) is 0 Å². The molecule has 1 saturated heterocycles. The number of carbonyl (C=O) groups is 2. The topological polar surface area (TPSA) is 49.4 Å². The van der Waals surface area contributed by atoms with Crippen molar-refractivity contribution in [1.82, 2.24) is 5.32 Å². The Morgan fingerprint density at radius 2 is 2.13 bits per heavy atom. The molecule has 1 aromatic carbocycles. The van der Waals surface area contributed by atoms with Crippen LogP contribution in [0.5, 0.6) is 0 Å². The Balaban J connectivity index is 2.53. The van der Waals surface area contributed by atoms with Gasteiger partial charge in [-0.05, 0) is 12.1 Å². The van der Waals surface area contributed by atoms with Gasteiger partial charge in [-0.15, -0.1) is 0 Å². The van der Waals surface area contributed by atoms with Crippen LogP contribution in [0.1, 0.15) is 0 Å². The first-order chi connectivity index (χ1) is 7.11. The van der Waals surface area contributed by atoms with Gasteiger partial charge in [-0.1, -0.05) is 17.7 Å². The highest BCUT2D eigenvalue weighted by atomic mass is 35.5. The highest BCUT2D eigenvalue weighted by molar-refractivity contribution is 6.35. The van der Waals surface area contributed by atoms with E-state index in [-0.39, 0.29) is 17.3 Å². The van der Waals surface area contributed by atoms with Gasteiger partial charge in [0.05, 0.1) is 11.6 Å². The Labute approximate surface area is 89.6 Å². The molecule has 1 aliphatic rings. The quantitative estimate of drug-likeness (QED) is 0.742. The number of hydrogen-bond donors (Lipinski definition) is 1. The first kappa shape index (κ1) is 9.92. The largest absolute Gasteiger partial charge is 0.329 e. The molecule has 0 spiro atoms. The molecule has 1 N–H and O–H groups in total. The Kier molecular flexibility index (Phi) is 2.32. The number of urea groups is 1. The van der Waals surface area contributed by atoms with Crippen LogP contribution in [0.15, 0.2) is 18.2 Å². The molecular weight excluding hydrogens is 223 g/mol. The van der Waals surface area contributed by atoms with Crippen molar-refractivity contribution in [2.24, 2.45) is 0 Å². The van der Waals surface area contributed by atoms with E-state index in [1.54, 1.807) is 0 Å². The molecule has 3 amide bonds. The van der Waals surface area contributed by atoms with Crippen LogP contribution < -0.4 is 10.2 Å². The van der Waals surface area contributed by atoms with Crippen molar-refractivity contribution in [2.75, 3.05) is 11.4 Å². The molecule has 2 rings (SSSR count). The van der Waals surface area contributed by atoms with E-state index in [9.17, 15) is 14.0 Å². The van der Waals surface area contributed by atoms with Gasteiger partial charge >= 0.3 is 6.03 Å². The molecule has 15 heavy (non-hydrogen) atoms. The monoisotopic (exact) mass is 228 g/mol. The third-order valence-electron chi connectivity index (χ3n) is 2.00. The lowest BCUT2D eigenvalue weighted by molar-refractivity contribution is -0.115. The van der Waals surface area contributed by atoms with Gasteiger partial charge in [0.2, 0.25) is 0 Å². The molecule has 0 unspecified atom stereocenters. The fraction of sp³-hybridized carbons (Fsp3) is 0.111. The van der Waals surface area contributed by atoms with E-state index in [1.807, 2.05) is 0 Å². The van der Waals surface area contributed by atoms with Crippen molar-refractivity contribution < 1.29 is 14.0 Å². The van der Waals surface area contributed by atoms with Crippen LogP contribution >= 0.6 is 11.6 Å². The fourth-order valence-electron chi connectivity index (χ4n) is 1.35. The minimum Gasteiger partial charge on any atom is -0.328 e. The van der Waals surface area contributed by atoms with Gasteiger partial charge in [0, 0.05) is 0 Å². The zero-order valence-corrected chi connectivity index (χ0v) is 8.21. The van der Waals surface area contributed by atoms with Crippen molar-refractivity contribution in [3.05, 3.63) is 29.0 Å². The van der Waals surface area contributed by atoms with Gasteiger partial charge in [0.15, 0.2) is 0 Å². The summed E-state index contributed by atoms with van der Waals surface area (Å²) in [6, 6.07) is 3.30. The number of anilines is 1. The van der Waals surface area contributed by atoms with Crippen molar-refractivity contribution in [2.45, 2.75) is 0 Å². The first-order valence-corrected chi connectivity index (χ1v) is 4.54. The first-order valence-electron chi connectivity index (χ1n) is 4.16. The van der Waals surface area contributed by atoms with Gasteiger partial charge in [-0.25, -0.2) is 14.1 Å². The molecule has 4 nitrogen and oxygen atoms in total. The van der Waals surface area contributed by atoms with E-state index in [2.05, 4.69) is 5.32 Å². The van der Waals surface area contributed by atoms with E-state index >= 15 is 0 Å². The van der Waals surface area contributed by atoms with E-state index in [0.717, 1.165) is 6.07 Å². The fourth-order valence-corrected chi connectivity index (χ4v) is 1.60. The van der Waals surface area contributed by atoms with Gasteiger partial charge in [-0.2, -0.15) is 0 Å². The maximum atomic E-state index is 13.4. The maximum Gasteiger partial charge on any atom is 0.329 e. The number of rotatable bonds is 1. The van der Waals surface area contributed by atoms with Gasteiger partial charge in [0.25, 0.3) is 5.91 Å². The summed E-state index contributed by atoms with van der Waals surface area (Å²) < 4.78 is 13.4. The number of halogens is 2. The normalized spacial score (nSPS) is 15.7. The van der Waals surface area contributed by atoms with Crippen LogP contribution in [0.4, 0.5) is 14.9 Å². The molecule has 1 heterocycles. The summed E-state index contributed by atoms with van der Waals surface area (Å²) in [7, 11) is 0. The number of nitrogens with zero attached hydrogens (tertiary/aromatic N) is 1. The number of para-hydroxylation sites is 1. The molecule has 1 fully saturated rings. The molecule has 1 aromatic rings. The lowest BCUT2D eigenvalue weighted by Crippen LogP contribution is -2.31. The zero-order chi connectivity index (χ0) is 11.0. The summed E-state index contributed by atoms with van der Waals surface area (Å²) >= 11 is 5.73. The van der Waals surface area contributed by atoms with E-state index < -0.39 is 17.8 Å².